The maximum atomic E-state index is 12.3. The van der Waals surface area contributed by atoms with Crippen LogP contribution in [0.4, 0.5) is 0 Å². The highest BCUT2D eigenvalue weighted by Crippen LogP contribution is 2.45. The number of hydrogen-bond donors (Lipinski definition) is 4. The van der Waals surface area contributed by atoms with E-state index in [1.165, 1.54) is 22.9 Å². The zero-order valence-corrected chi connectivity index (χ0v) is 21.7. The Morgan fingerprint density at radius 1 is 0.357 bits per heavy atom. The zero-order chi connectivity index (χ0) is 29.7. The van der Waals surface area contributed by atoms with Crippen LogP contribution in [0, 0.1) is 0 Å². The topological polar surface area (TPSA) is 149 Å². The van der Waals surface area contributed by atoms with Crippen LogP contribution < -0.4 is 0 Å². The molecule has 7 rings (SSSR count). The van der Waals surface area contributed by atoms with Crippen LogP contribution in [0.25, 0.3) is 53.9 Å². The standard InChI is InChI=1S/C24H12O8.C10H8/c25-21(26)13-8-7-11-10-5-1-3-9-4-2-6-12(14(9)10)16-15(11)17(13)19(23(29)30)20(24(31)32)18(16)22(27)28;1-2-6-10-8-4-3-7-9(10)5-1/h1-8H,(H,25,26)(H,27,28)(H,29,30)(H,31,32);1-8H. The number of rotatable bonds is 4. The number of aromatic carboxylic acids is 4. The highest BCUT2D eigenvalue weighted by Gasteiger charge is 2.33. The molecule has 8 nitrogen and oxygen atoms in total. The molecule has 7 aromatic carbocycles. The first-order chi connectivity index (χ1) is 20.2. The van der Waals surface area contributed by atoms with Gasteiger partial charge in [-0.05, 0) is 43.8 Å². The monoisotopic (exact) mass is 556 g/mol. The number of carbonyl (C=O) groups is 4. The van der Waals surface area contributed by atoms with Gasteiger partial charge in [0.05, 0.1) is 22.3 Å². The van der Waals surface area contributed by atoms with Gasteiger partial charge in [-0.1, -0.05) is 91.0 Å². The summed E-state index contributed by atoms with van der Waals surface area (Å²) in [5, 5.41) is 44.9. The summed E-state index contributed by atoms with van der Waals surface area (Å²) >= 11 is 0. The van der Waals surface area contributed by atoms with Gasteiger partial charge in [0, 0.05) is 16.2 Å². The molecular weight excluding hydrogens is 536 g/mol. The molecule has 0 heterocycles. The Kier molecular flexibility index (Phi) is 6.16. The minimum Gasteiger partial charge on any atom is -0.478 e. The molecule has 0 aromatic heterocycles. The highest BCUT2D eigenvalue weighted by atomic mass is 16.4. The van der Waals surface area contributed by atoms with E-state index >= 15 is 0 Å². The van der Waals surface area contributed by atoms with Crippen molar-refractivity contribution in [3.05, 3.63) is 119 Å². The molecule has 0 unspecified atom stereocenters. The smallest absolute Gasteiger partial charge is 0.337 e. The largest absolute Gasteiger partial charge is 0.478 e. The summed E-state index contributed by atoms with van der Waals surface area (Å²) in [6.45, 7) is 0. The van der Waals surface area contributed by atoms with Gasteiger partial charge in [-0.3, -0.25) is 0 Å². The summed E-state index contributed by atoms with van der Waals surface area (Å²) in [7, 11) is 0. The van der Waals surface area contributed by atoms with Crippen molar-refractivity contribution >= 4 is 77.7 Å². The average molecular weight is 557 g/mol. The molecule has 4 N–H and O–H groups in total. The van der Waals surface area contributed by atoms with E-state index < -0.39 is 46.1 Å². The second-order valence-electron chi connectivity index (χ2n) is 9.69. The molecular formula is C34H20O8. The molecule has 0 amide bonds. The van der Waals surface area contributed by atoms with Gasteiger partial charge in [0.15, 0.2) is 0 Å². The van der Waals surface area contributed by atoms with E-state index in [2.05, 4.69) is 48.5 Å². The van der Waals surface area contributed by atoms with Gasteiger partial charge >= 0.3 is 23.9 Å². The molecule has 0 aliphatic rings. The van der Waals surface area contributed by atoms with Crippen LogP contribution in [0.3, 0.4) is 0 Å². The van der Waals surface area contributed by atoms with Crippen LogP contribution in [0.2, 0.25) is 0 Å². The van der Waals surface area contributed by atoms with Crippen molar-refractivity contribution < 1.29 is 39.6 Å². The lowest BCUT2D eigenvalue weighted by atomic mass is 9.81. The van der Waals surface area contributed by atoms with Gasteiger partial charge in [-0.25, -0.2) is 19.2 Å². The van der Waals surface area contributed by atoms with Crippen molar-refractivity contribution in [2.45, 2.75) is 0 Å². The summed E-state index contributed by atoms with van der Waals surface area (Å²) in [4.78, 5) is 48.7. The third-order valence-corrected chi connectivity index (χ3v) is 7.45. The molecule has 8 heteroatoms. The molecule has 0 radical (unpaired) electrons. The lowest BCUT2D eigenvalue weighted by molar-refractivity contribution is 0.0635. The summed E-state index contributed by atoms with van der Waals surface area (Å²) < 4.78 is 0. The molecule has 204 valence electrons. The van der Waals surface area contributed by atoms with Crippen molar-refractivity contribution in [2.75, 3.05) is 0 Å². The first-order valence-electron chi connectivity index (χ1n) is 12.8. The molecule has 0 atom stereocenters. The summed E-state index contributed by atoms with van der Waals surface area (Å²) in [6.07, 6.45) is 0. The normalized spacial score (nSPS) is 11.1. The van der Waals surface area contributed by atoms with Gasteiger partial charge in [0.1, 0.15) is 0 Å². The van der Waals surface area contributed by atoms with E-state index in [0.717, 1.165) is 5.39 Å². The predicted octanol–water partition coefficient (Wildman–Crippen LogP) is 7.37. The van der Waals surface area contributed by atoms with Crippen molar-refractivity contribution in [1.82, 2.24) is 0 Å². The van der Waals surface area contributed by atoms with Gasteiger partial charge in [-0.15, -0.1) is 0 Å². The SMILES string of the molecule is O=C(O)c1c(C(=O)O)c2c(C(=O)O)ccc3c4cccc5cccc(c(c1C(=O)O)c23)c54.c1ccc2ccccc2c1. The van der Waals surface area contributed by atoms with Crippen LogP contribution in [-0.2, 0) is 0 Å². The van der Waals surface area contributed by atoms with Crippen molar-refractivity contribution in [2.24, 2.45) is 0 Å². The Hall–Kier alpha value is -6.02. The van der Waals surface area contributed by atoms with Crippen molar-refractivity contribution in [1.29, 1.82) is 0 Å². The zero-order valence-electron chi connectivity index (χ0n) is 21.7. The summed E-state index contributed by atoms with van der Waals surface area (Å²) in [5.41, 5.74) is -2.93. The molecule has 7 aromatic rings. The Balaban J connectivity index is 0.000000265. The number of carboxylic acid groups (broad SMARTS) is 4. The van der Waals surface area contributed by atoms with Crippen molar-refractivity contribution in [3.63, 3.8) is 0 Å². The van der Waals surface area contributed by atoms with Gasteiger partial charge < -0.3 is 20.4 Å². The maximum Gasteiger partial charge on any atom is 0.337 e. The van der Waals surface area contributed by atoms with Crippen LogP contribution in [0.1, 0.15) is 41.4 Å². The minimum atomic E-state index is -1.77. The molecule has 0 saturated carbocycles. The summed E-state index contributed by atoms with van der Waals surface area (Å²) in [5.74, 6) is -6.58. The fraction of sp³-hybridized carbons (Fsp3) is 0. The van der Waals surface area contributed by atoms with E-state index in [-0.39, 0.29) is 16.2 Å². The molecule has 0 aliphatic heterocycles. The van der Waals surface area contributed by atoms with Gasteiger partial charge in [-0.2, -0.15) is 0 Å². The van der Waals surface area contributed by atoms with E-state index in [4.69, 9.17) is 0 Å². The van der Waals surface area contributed by atoms with E-state index in [0.29, 0.717) is 21.5 Å². The quantitative estimate of drug-likeness (QED) is 0.130. The lowest BCUT2D eigenvalue weighted by Gasteiger charge is -2.20. The number of hydrogen-bond acceptors (Lipinski definition) is 4. The molecule has 0 bridgehead atoms. The van der Waals surface area contributed by atoms with E-state index in [1.807, 2.05) is 12.1 Å². The first-order valence-corrected chi connectivity index (χ1v) is 12.8. The molecule has 0 saturated heterocycles. The Morgan fingerprint density at radius 2 is 0.810 bits per heavy atom. The second kappa shape index (κ2) is 9.87. The first kappa shape index (κ1) is 26.2. The highest BCUT2D eigenvalue weighted by molar-refractivity contribution is 6.40. The maximum absolute atomic E-state index is 12.3. The lowest BCUT2D eigenvalue weighted by Crippen LogP contribution is -2.18. The van der Waals surface area contributed by atoms with Crippen LogP contribution in [0.15, 0.2) is 97.1 Å². The number of carboxylic acids is 4. The summed E-state index contributed by atoms with van der Waals surface area (Å²) in [6, 6.07) is 29.9. The van der Waals surface area contributed by atoms with Crippen LogP contribution in [0.5, 0.6) is 0 Å². The molecule has 0 aliphatic carbocycles. The third kappa shape index (κ3) is 3.93. The Bertz CT molecular complexity index is 2190. The van der Waals surface area contributed by atoms with Gasteiger partial charge in [0.2, 0.25) is 0 Å². The fourth-order valence-electron chi connectivity index (χ4n) is 5.84. The molecule has 0 fully saturated rings. The van der Waals surface area contributed by atoms with Crippen LogP contribution >= 0.6 is 0 Å². The Morgan fingerprint density at radius 3 is 1.31 bits per heavy atom. The second-order valence-corrected chi connectivity index (χ2v) is 9.69. The fourth-order valence-corrected chi connectivity index (χ4v) is 5.84. The third-order valence-electron chi connectivity index (χ3n) is 7.45. The van der Waals surface area contributed by atoms with Crippen molar-refractivity contribution in [3.8, 4) is 0 Å². The minimum absolute atomic E-state index is 0.00250. The van der Waals surface area contributed by atoms with Gasteiger partial charge in [0.25, 0.3) is 0 Å². The van der Waals surface area contributed by atoms with Crippen LogP contribution in [-0.4, -0.2) is 44.3 Å². The number of fused-ring (bicyclic) bond motifs is 3. The molecule has 42 heavy (non-hydrogen) atoms. The number of benzene rings is 7. The van der Waals surface area contributed by atoms with E-state index in [1.54, 1.807) is 24.3 Å². The Labute approximate surface area is 236 Å². The predicted molar refractivity (Wildman–Crippen MR) is 159 cm³/mol. The van der Waals surface area contributed by atoms with E-state index in [9.17, 15) is 39.6 Å². The molecule has 0 spiro atoms. The average Bonchev–Trinajstić information content (AvgIpc) is 2.98.